The van der Waals surface area contributed by atoms with Gasteiger partial charge in [0.1, 0.15) is 5.52 Å². The van der Waals surface area contributed by atoms with Crippen LogP contribution in [0.4, 0.5) is 0 Å². The first-order valence-corrected chi connectivity index (χ1v) is 10.8. The predicted molar refractivity (Wildman–Crippen MR) is 99.8 cm³/mol. The van der Waals surface area contributed by atoms with Gasteiger partial charge in [-0.25, -0.2) is 4.98 Å². The van der Waals surface area contributed by atoms with Crippen LogP contribution in [0.1, 0.15) is 31.6 Å². The van der Waals surface area contributed by atoms with Crippen molar-refractivity contribution in [3.63, 3.8) is 0 Å². The molecule has 0 radical (unpaired) electrons. The van der Waals surface area contributed by atoms with E-state index in [4.69, 9.17) is 4.42 Å². The van der Waals surface area contributed by atoms with E-state index in [2.05, 4.69) is 9.88 Å². The molecule has 0 unspecified atom stereocenters. The minimum atomic E-state index is -3.32. The van der Waals surface area contributed by atoms with E-state index < -0.39 is 10.2 Å². The molecule has 0 spiro atoms. The summed E-state index contributed by atoms with van der Waals surface area (Å²) in [7, 11) is -3.32. The molecular weight excluding hydrogens is 352 g/mol. The molecule has 0 N–H and O–H groups in total. The van der Waals surface area contributed by atoms with Crippen molar-refractivity contribution in [1.29, 1.82) is 0 Å². The molecule has 0 atom stereocenters. The summed E-state index contributed by atoms with van der Waals surface area (Å²) in [4.78, 5) is 6.72. The Balaban J connectivity index is 1.36. The maximum atomic E-state index is 12.9. The van der Waals surface area contributed by atoms with Crippen molar-refractivity contribution in [3.8, 4) is 0 Å². The van der Waals surface area contributed by atoms with Gasteiger partial charge in [-0.3, -0.25) is 4.90 Å². The number of para-hydroxylation sites is 2. The number of oxazole rings is 1. The molecule has 0 aliphatic carbocycles. The Kier molecular flexibility index (Phi) is 5.26. The van der Waals surface area contributed by atoms with Crippen molar-refractivity contribution >= 4 is 21.3 Å². The molecule has 3 heterocycles. The number of hydrogen-bond acceptors (Lipinski definition) is 5. The van der Waals surface area contributed by atoms with Crippen LogP contribution in [0.2, 0.25) is 0 Å². The number of fused-ring (bicyclic) bond motifs is 1. The van der Waals surface area contributed by atoms with Gasteiger partial charge in [-0.15, -0.1) is 0 Å². The third-order valence-electron chi connectivity index (χ3n) is 5.25. The summed E-state index contributed by atoms with van der Waals surface area (Å²) in [5.41, 5.74) is 1.66. The highest BCUT2D eigenvalue weighted by atomic mass is 32.2. The number of piperazine rings is 1. The van der Waals surface area contributed by atoms with Crippen molar-refractivity contribution in [1.82, 2.24) is 18.5 Å². The molecule has 2 fully saturated rings. The van der Waals surface area contributed by atoms with Crippen LogP contribution in [-0.2, 0) is 16.8 Å². The molecule has 0 bridgehead atoms. The first-order valence-electron chi connectivity index (χ1n) is 9.45. The van der Waals surface area contributed by atoms with E-state index in [1.165, 1.54) is 0 Å². The van der Waals surface area contributed by atoms with Gasteiger partial charge in [0, 0.05) is 39.3 Å². The Labute approximate surface area is 154 Å². The van der Waals surface area contributed by atoms with Gasteiger partial charge >= 0.3 is 0 Å². The molecular formula is C18H26N4O3S. The molecule has 7 nitrogen and oxygen atoms in total. The zero-order chi connectivity index (χ0) is 18.0. The lowest BCUT2D eigenvalue weighted by molar-refractivity contribution is 0.163. The average Bonchev–Trinajstić information content (AvgIpc) is 2.85. The predicted octanol–water partition coefficient (Wildman–Crippen LogP) is 2.07. The van der Waals surface area contributed by atoms with E-state index in [9.17, 15) is 8.42 Å². The quantitative estimate of drug-likeness (QED) is 0.815. The van der Waals surface area contributed by atoms with E-state index in [1.54, 1.807) is 8.61 Å². The van der Waals surface area contributed by atoms with Gasteiger partial charge < -0.3 is 4.42 Å². The number of nitrogens with zero attached hydrogens (tertiary/aromatic N) is 4. The van der Waals surface area contributed by atoms with Crippen LogP contribution >= 0.6 is 0 Å². The highest BCUT2D eigenvalue weighted by molar-refractivity contribution is 7.86. The molecule has 2 aromatic rings. The van der Waals surface area contributed by atoms with Crippen molar-refractivity contribution in [2.24, 2.45) is 0 Å². The van der Waals surface area contributed by atoms with Crippen LogP contribution in [0.15, 0.2) is 28.7 Å². The third kappa shape index (κ3) is 3.78. The number of aromatic nitrogens is 1. The second-order valence-corrected chi connectivity index (χ2v) is 9.00. The van der Waals surface area contributed by atoms with E-state index >= 15 is 0 Å². The van der Waals surface area contributed by atoms with E-state index in [0.29, 0.717) is 51.7 Å². The van der Waals surface area contributed by atoms with E-state index in [-0.39, 0.29) is 0 Å². The van der Waals surface area contributed by atoms with E-state index in [1.807, 2.05) is 24.3 Å². The summed E-state index contributed by atoms with van der Waals surface area (Å²) in [5.74, 6) is 0.690. The molecule has 8 heteroatoms. The number of benzene rings is 1. The fourth-order valence-electron chi connectivity index (χ4n) is 3.73. The van der Waals surface area contributed by atoms with Gasteiger partial charge in [-0.2, -0.15) is 17.0 Å². The number of rotatable bonds is 4. The summed E-state index contributed by atoms with van der Waals surface area (Å²) in [6.45, 7) is 4.39. The molecule has 2 aliphatic heterocycles. The molecule has 1 aromatic carbocycles. The van der Waals surface area contributed by atoms with Crippen molar-refractivity contribution in [3.05, 3.63) is 30.2 Å². The zero-order valence-corrected chi connectivity index (χ0v) is 15.8. The molecule has 142 valence electrons. The molecule has 4 rings (SSSR count). The SMILES string of the molecule is O=S(=O)(N1CCCCCC1)N1CCN(Cc2nc3ccccc3o2)CC1. The normalized spacial score (nSPS) is 21.8. The molecule has 2 saturated heterocycles. The van der Waals surface area contributed by atoms with Gasteiger partial charge in [-0.05, 0) is 25.0 Å². The van der Waals surface area contributed by atoms with Crippen LogP contribution in [0.25, 0.3) is 11.1 Å². The Bertz CT molecular complexity index is 802. The highest BCUT2D eigenvalue weighted by Gasteiger charge is 2.32. The lowest BCUT2D eigenvalue weighted by atomic mass is 10.2. The first kappa shape index (κ1) is 17.9. The van der Waals surface area contributed by atoms with E-state index in [0.717, 1.165) is 36.8 Å². The summed E-state index contributed by atoms with van der Waals surface area (Å²) in [6.07, 6.45) is 4.20. The molecule has 1 aromatic heterocycles. The lowest BCUT2D eigenvalue weighted by Gasteiger charge is -2.36. The monoisotopic (exact) mass is 378 g/mol. The number of hydrogen-bond donors (Lipinski definition) is 0. The smallest absolute Gasteiger partial charge is 0.282 e. The van der Waals surface area contributed by atoms with Crippen LogP contribution < -0.4 is 0 Å². The van der Waals surface area contributed by atoms with Gasteiger partial charge in [0.05, 0.1) is 6.54 Å². The van der Waals surface area contributed by atoms with Crippen molar-refractivity contribution in [2.75, 3.05) is 39.3 Å². The Morgan fingerprint density at radius 3 is 2.23 bits per heavy atom. The van der Waals surface area contributed by atoms with Crippen molar-refractivity contribution < 1.29 is 12.8 Å². The standard InChI is InChI=1S/C18H26N4O3S/c23-26(24,21-9-5-1-2-6-10-21)22-13-11-20(12-14-22)15-18-19-16-7-3-4-8-17(16)25-18/h3-4,7-8H,1-2,5-6,9-15H2. The van der Waals surface area contributed by atoms with Crippen LogP contribution in [0.3, 0.4) is 0 Å². The lowest BCUT2D eigenvalue weighted by Crippen LogP contribution is -2.52. The summed E-state index contributed by atoms with van der Waals surface area (Å²) < 4.78 is 34.9. The fraction of sp³-hybridized carbons (Fsp3) is 0.611. The topological polar surface area (TPSA) is 69.9 Å². The third-order valence-corrected chi connectivity index (χ3v) is 7.28. The first-order chi connectivity index (χ1) is 12.6. The summed E-state index contributed by atoms with van der Waals surface area (Å²) >= 11 is 0. The minimum Gasteiger partial charge on any atom is -0.439 e. The molecule has 0 amide bonds. The van der Waals surface area contributed by atoms with Gasteiger partial charge in [0.25, 0.3) is 10.2 Å². The maximum absolute atomic E-state index is 12.9. The van der Waals surface area contributed by atoms with Crippen LogP contribution in [0, 0.1) is 0 Å². The summed E-state index contributed by atoms with van der Waals surface area (Å²) in [6, 6.07) is 7.73. The highest BCUT2D eigenvalue weighted by Crippen LogP contribution is 2.20. The Morgan fingerprint density at radius 1 is 0.885 bits per heavy atom. The fourth-order valence-corrected chi connectivity index (χ4v) is 5.40. The van der Waals surface area contributed by atoms with Gasteiger partial charge in [0.2, 0.25) is 5.89 Å². The maximum Gasteiger partial charge on any atom is 0.282 e. The molecule has 26 heavy (non-hydrogen) atoms. The van der Waals surface area contributed by atoms with Gasteiger partial charge in [-0.1, -0.05) is 25.0 Å². The largest absolute Gasteiger partial charge is 0.439 e. The minimum absolute atomic E-state index is 0.527. The summed E-state index contributed by atoms with van der Waals surface area (Å²) in [5, 5.41) is 0. The second kappa shape index (κ2) is 7.64. The van der Waals surface area contributed by atoms with Gasteiger partial charge in [0.15, 0.2) is 5.58 Å². The average molecular weight is 378 g/mol. The Morgan fingerprint density at radius 2 is 1.54 bits per heavy atom. The van der Waals surface area contributed by atoms with Crippen LogP contribution in [-0.4, -0.2) is 66.2 Å². The zero-order valence-electron chi connectivity index (χ0n) is 15.0. The molecule has 0 saturated carbocycles. The Hall–Kier alpha value is -1.48. The van der Waals surface area contributed by atoms with Crippen molar-refractivity contribution in [2.45, 2.75) is 32.2 Å². The second-order valence-electron chi connectivity index (χ2n) is 7.07. The molecule has 2 aliphatic rings. The van der Waals surface area contributed by atoms with Crippen LogP contribution in [0.5, 0.6) is 0 Å².